The molecule has 0 aliphatic carbocycles. The van der Waals surface area contributed by atoms with E-state index in [0.717, 1.165) is 30.0 Å². The van der Waals surface area contributed by atoms with Gasteiger partial charge in [0.1, 0.15) is 6.04 Å². The second-order valence-electron chi connectivity index (χ2n) is 5.07. The molecule has 1 saturated heterocycles. The molecule has 1 aliphatic rings. The van der Waals surface area contributed by atoms with Gasteiger partial charge in [-0.25, -0.2) is 9.78 Å². The summed E-state index contributed by atoms with van der Waals surface area (Å²) in [5, 5.41) is 2.92. The number of thiazole rings is 1. The van der Waals surface area contributed by atoms with Crippen LogP contribution in [0.4, 0.5) is 0 Å². The number of rotatable bonds is 6. The van der Waals surface area contributed by atoms with Crippen LogP contribution in [0, 0.1) is 0 Å². The molecule has 0 radical (unpaired) electrons. The number of ether oxygens (including phenoxy) is 1. The topological polar surface area (TPSA) is 85.5 Å². The lowest BCUT2D eigenvalue weighted by Crippen LogP contribution is -2.41. The van der Waals surface area contributed by atoms with E-state index in [4.69, 9.17) is 10.5 Å². The van der Waals surface area contributed by atoms with E-state index in [1.807, 2.05) is 5.38 Å². The molecule has 1 fully saturated rings. The summed E-state index contributed by atoms with van der Waals surface area (Å²) in [4.78, 5) is 30.1. The number of carbonyl (C=O) groups is 2. The van der Waals surface area contributed by atoms with Crippen LogP contribution in [-0.4, -0.2) is 48.0 Å². The number of hydrogen-bond acceptors (Lipinski definition) is 6. The smallest absolute Gasteiger partial charge is 0.328 e. The van der Waals surface area contributed by atoms with Crippen molar-refractivity contribution in [2.45, 2.75) is 38.1 Å². The third-order valence-electron chi connectivity index (χ3n) is 3.57. The Bertz CT molecular complexity index is 503. The van der Waals surface area contributed by atoms with E-state index in [-0.39, 0.29) is 18.3 Å². The Morgan fingerprint density at radius 3 is 3.10 bits per heavy atom. The summed E-state index contributed by atoms with van der Waals surface area (Å²) in [5.74, 6) is -0.388. The first kappa shape index (κ1) is 15.9. The molecular weight excluding hydrogens is 290 g/mol. The second kappa shape index (κ2) is 7.51. The van der Waals surface area contributed by atoms with E-state index < -0.39 is 6.04 Å². The number of hydrogen-bond donors (Lipinski definition) is 1. The minimum absolute atomic E-state index is 0.0569. The van der Waals surface area contributed by atoms with Crippen LogP contribution in [0.15, 0.2) is 5.38 Å². The highest BCUT2D eigenvalue weighted by Crippen LogP contribution is 2.20. The molecule has 116 valence electrons. The van der Waals surface area contributed by atoms with E-state index in [1.165, 1.54) is 7.11 Å². The van der Waals surface area contributed by atoms with Crippen molar-refractivity contribution >= 4 is 23.2 Å². The molecule has 0 aromatic carbocycles. The first-order valence-electron chi connectivity index (χ1n) is 7.16. The number of aryl methyl sites for hydroxylation is 1. The lowest BCUT2D eigenvalue weighted by atomic mass is 10.2. The minimum atomic E-state index is -0.433. The predicted molar refractivity (Wildman–Crippen MR) is 79.9 cm³/mol. The summed E-state index contributed by atoms with van der Waals surface area (Å²) in [7, 11) is 1.35. The maximum atomic E-state index is 12.3. The highest BCUT2D eigenvalue weighted by atomic mass is 32.1. The SMILES string of the molecule is COC(=O)C1CCCN1C(=O)Cc1csc(CCCN)n1. The van der Waals surface area contributed by atoms with Gasteiger partial charge in [0.25, 0.3) is 0 Å². The van der Waals surface area contributed by atoms with E-state index in [2.05, 4.69) is 4.98 Å². The van der Waals surface area contributed by atoms with Gasteiger partial charge in [-0.1, -0.05) is 0 Å². The first-order valence-corrected chi connectivity index (χ1v) is 8.04. The number of likely N-dealkylation sites (tertiary alicyclic amines) is 1. The number of carbonyl (C=O) groups excluding carboxylic acids is 2. The Morgan fingerprint density at radius 1 is 1.57 bits per heavy atom. The molecule has 7 heteroatoms. The van der Waals surface area contributed by atoms with Crippen molar-refractivity contribution in [3.63, 3.8) is 0 Å². The number of nitrogens with two attached hydrogens (primary N) is 1. The Labute approximate surface area is 128 Å². The Morgan fingerprint density at radius 2 is 2.38 bits per heavy atom. The van der Waals surface area contributed by atoms with Gasteiger partial charge in [-0.2, -0.15) is 0 Å². The molecule has 1 amide bonds. The molecule has 1 aliphatic heterocycles. The summed E-state index contributed by atoms with van der Waals surface area (Å²) >= 11 is 1.56. The molecule has 1 atom stereocenters. The quantitative estimate of drug-likeness (QED) is 0.783. The standard InChI is InChI=1S/C14H21N3O3S/c1-20-14(19)11-4-3-7-17(11)13(18)8-10-9-21-12(16-10)5-2-6-15/h9,11H,2-8,15H2,1H3. The first-order chi connectivity index (χ1) is 10.2. The fraction of sp³-hybridized carbons (Fsp3) is 0.643. The second-order valence-corrected chi connectivity index (χ2v) is 6.01. The number of amides is 1. The van der Waals surface area contributed by atoms with Gasteiger partial charge < -0.3 is 15.4 Å². The van der Waals surface area contributed by atoms with Crippen molar-refractivity contribution in [2.75, 3.05) is 20.2 Å². The van der Waals surface area contributed by atoms with Gasteiger partial charge in [0.2, 0.25) is 5.91 Å². The lowest BCUT2D eigenvalue weighted by Gasteiger charge is -2.22. The summed E-state index contributed by atoms with van der Waals surface area (Å²) < 4.78 is 4.75. The number of methoxy groups -OCH3 is 1. The summed E-state index contributed by atoms with van der Waals surface area (Å²) in [6, 6.07) is -0.433. The van der Waals surface area contributed by atoms with E-state index >= 15 is 0 Å². The van der Waals surface area contributed by atoms with Gasteiger partial charge in [0.05, 0.1) is 24.2 Å². The highest BCUT2D eigenvalue weighted by Gasteiger charge is 2.34. The molecular formula is C14H21N3O3S. The van der Waals surface area contributed by atoms with Crippen LogP contribution >= 0.6 is 11.3 Å². The van der Waals surface area contributed by atoms with E-state index in [9.17, 15) is 9.59 Å². The molecule has 2 rings (SSSR count). The molecule has 2 heterocycles. The molecule has 6 nitrogen and oxygen atoms in total. The molecule has 1 aromatic heterocycles. The number of nitrogens with zero attached hydrogens (tertiary/aromatic N) is 2. The molecule has 1 aromatic rings. The van der Waals surface area contributed by atoms with E-state index in [1.54, 1.807) is 16.2 Å². The largest absolute Gasteiger partial charge is 0.467 e. The molecule has 2 N–H and O–H groups in total. The van der Waals surface area contributed by atoms with E-state index in [0.29, 0.717) is 19.5 Å². The maximum absolute atomic E-state index is 12.3. The molecule has 0 bridgehead atoms. The Kier molecular flexibility index (Phi) is 5.69. The van der Waals surface area contributed by atoms with Crippen molar-refractivity contribution in [1.29, 1.82) is 0 Å². The zero-order valence-electron chi connectivity index (χ0n) is 12.2. The van der Waals surface area contributed by atoms with Crippen LogP contribution in [0.25, 0.3) is 0 Å². The molecule has 21 heavy (non-hydrogen) atoms. The van der Waals surface area contributed by atoms with Crippen LogP contribution < -0.4 is 5.73 Å². The van der Waals surface area contributed by atoms with Crippen molar-refractivity contribution in [1.82, 2.24) is 9.88 Å². The monoisotopic (exact) mass is 311 g/mol. The van der Waals surface area contributed by atoms with Crippen molar-refractivity contribution in [3.8, 4) is 0 Å². The van der Waals surface area contributed by atoms with Gasteiger partial charge in [0.15, 0.2) is 0 Å². The van der Waals surface area contributed by atoms with Crippen molar-refractivity contribution in [2.24, 2.45) is 5.73 Å². The molecule has 0 spiro atoms. The minimum Gasteiger partial charge on any atom is -0.467 e. The van der Waals surface area contributed by atoms with Crippen LogP contribution in [0.5, 0.6) is 0 Å². The van der Waals surface area contributed by atoms with Gasteiger partial charge in [-0.3, -0.25) is 4.79 Å². The summed E-state index contributed by atoms with van der Waals surface area (Å²) in [6.45, 7) is 1.26. The lowest BCUT2D eigenvalue weighted by molar-refractivity contribution is -0.150. The summed E-state index contributed by atoms with van der Waals surface area (Å²) in [5.41, 5.74) is 6.25. The number of esters is 1. The van der Waals surface area contributed by atoms with Gasteiger partial charge in [-0.15, -0.1) is 11.3 Å². The fourth-order valence-corrected chi connectivity index (χ4v) is 3.34. The highest BCUT2D eigenvalue weighted by molar-refractivity contribution is 7.09. The zero-order chi connectivity index (χ0) is 15.2. The third-order valence-corrected chi connectivity index (χ3v) is 4.53. The van der Waals surface area contributed by atoms with Crippen LogP contribution in [0.3, 0.4) is 0 Å². The van der Waals surface area contributed by atoms with Crippen LogP contribution in [0.1, 0.15) is 30.0 Å². The van der Waals surface area contributed by atoms with Gasteiger partial charge in [0, 0.05) is 18.3 Å². The predicted octanol–water partition coefficient (Wildman–Crippen LogP) is 0.741. The fourth-order valence-electron chi connectivity index (χ4n) is 2.50. The Balaban J connectivity index is 1.94. The average Bonchev–Trinajstić information content (AvgIpc) is 3.13. The Hall–Kier alpha value is -1.47. The molecule has 1 unspecified atom stereocenters. The van der Waals surface area contributed by atoms with Crippen LogP contribution in [0.2, 0.25) is 0 Å². The summed E-state index contributed by atoms with van der Waals surface area (Å²) in [6.07, 6.45) is 3.51. The third kappa shape index (κ3) is 4.01. The number of aromatic nitrogens is 1. The molecule has 0 saturated carbocycles. The zero-order valence-corrected chi connectivity index (χ0v) is 13.0. The normalized spacial score (nSPS) is 18.0. The maximum Gasteiger partial charge on any atom is 0.328 e. The van der Waals surface area contributed by atoms with Gasteiger partial charge in [-0.05, 0) is 25.8 Å². The van der Waals surface area contributed by atoms with Crippen molar-refractivity contribution < 1.29 is 14.3 Å². The van der Waals surface area contributed by atoms with Crippen molar-refractivity contribution in [3.05, 3.63) is 16.1 Å². The van der Waals surface area contributed by atoms with Gasteiger partial charge >= 0.3 is 5.97 Å². The van der Waals surface area contributed by atoms with Crippen LogP contribution in [-0.2, 0) is 27.2 Å². The average molecular weight is 311 g/mol.